The molecule has 0 amide bonds. The number of nitrogens with two attached hydrogens (primary N) is 1. The number of imidazole rings is 1. The van der Waals surface area contributed by atoms with Gasteiger partial charge >= 0.3 is 0 Å². The first-order valence-electron chi connectivity index (χ1n) is 7.71. The summed E-state index contributed by atoms with van der Waals surface area (Å²) in [5.41, 5.74) is 11.4. The molecule has 1 heterocycles. The summed E-state index contributed by atoms with van der Waals surface area (Å²) in [5, 5.41) is 0. The van der Waals surface area contributed by atoms with Crippen LogP contribution in [0.25, 0.3) is 22.4 Å². The van der Waals surface area contributed by atoms with E-state index in [4.69, 9.17) is 5.73 Å². The van der Waals surface area contributed by atoms with Gasteiger partial charge in [0.15, 0.2) is 0 Å². The Morgan fingerprint density at radius 3 is 2.25 bits per heavy atom. The maximum atomic E-state index is 5.81. The molecule has 24 heavy (non-hydrogen) atoms. The van der Waals surface area contributed by atoms with E-state index in [1.165, 1.54) is 0 Å². The maximum absolute atomic E-state index is 5.81. The Labute approximate surface area is 140 Å². The van der Waals surface area contributed by atoms with Crippen LogP contribution in [0.2, 0.25) is 0 Å². The summed E-state index contributed by atoms with van der Waals surface area (Å²) >= 11 is 0. The first kappa shape index (κ1) is 14.1. The summed E-state index contributed by atoms with van der Waals surface area (Å²) in [6, 6.07) is 23.7. The quantitative estimate of drug-likeness (QED) is 0.409. The van der Waals surface area contributed by atoms with Crippen molar-refractivity contribution < 1.29 is 0 Å². The number of hydrogen-bond donors (Lipinski definition) is 2. The molecule has 3 N–H and O–H groups in total. The van der Waals surface area contributed by atoms with Gasteiger partial charge in [0.1, 0.15) is 5.82 Å². The molecule has 0 saturated heterocycles. The number of nitrogen functional groups attached to an aromatic ring is 1. The number of H-pyrrole nitrogens is 1. The molecule has 0 bridgehead atoms. The number of benzene rings is 3. The smallest absolute Gasteiger partial charge is 0.138 e. The number of aromatic amines is 1. The second-order valence-corrected chi connectivity index (χ2v) is 5.56. The minimum Gasteiger partial charge on any atom is -0.399 e. The maximum Gasteiger partial charge on any atom is 0.138 e. The fraction of sp³-hybridized carbons (Fsp3) is 0. The highest BCUT2D eigenvalue weighted by Crippen LogP contribution is 2.22. The van der Waals surface area contributed by atoms with Gasteiger partial charge in [0, 0.05) is 22.4 Å². The highest BCUT2D eigenvalue weighted by atomic mass is 14.9. The fourth-order valence-electron chi connectivity index (χ4n) is 2.54. The lowest BCUT2D eigenvalue weighted by Gasteiger charge is -1.96. The Balaban J connectivity index is 1.62. The van der Waals surface area contributed by atoms with E-state index in [2.05, 4.69) is 21.8 Å². The van der Waals surface area contributed by atoms with Crippen LogP contribution >= 0.6 is 0 Å². The standard InChI is InChI=1S/C21H15N3/c22-18-12-13-19-20(14-18)24-21(23-19)17-10-8-16(9-11-17)7-6-15-4-2-1-3-5-15/h1-5,8-14H,22H2,(H,23,24). The van der Waals surface area contributed by atoms with Crippen molar-refractivity contribution >= 4 is 16.7 Å². The molecule has 3 aromatic carbocycles. The number of rotatable bonds is 1. The van der Waals surface area contributed by atoms with E-state index >= 15 is 0 Å². The Bertz CT molecular complexity index is 1050. The van der Waals surface area contributed by atoms with Gasteiger partial charge in [-0.1, -0.05) is 42.2 Å². The van der Waals surface area contributed by atoms with Crippen LogP contribution in [0, 0.1) is 11.8 Å². The van der Waals surface area contributed by atoms with Crippen molar-refractivity contribution in [3.8, 4) is 23.2 Å². The van der Waals surface area contributed by atoms with Crippen LogP contribution in [0.15, 0.2) is 72.8 Å². The lowest BCUT2D eigenvalue weighted by atomic mass is 10.1. The molecule has 3 nitrogen and oxygen atoms in total. The molecule has 0 spiro atoms. The van der Waals surface area contributed by atoms with Crippen LogP contribution < -0.4 is 5.73 Å². The topological polar surface area (TPSA) is 54.7 Å². The fourth-order valence-corrected chi connectivity index (χ4v) is 2.54. The summed E-state index contributed by atoms with van der Waals surface area (Å²) in [6.45, 7) is 0. The molecule has 0 saturated carbocycles. The normalized spacial score (nSPS) is 10.3. The molecule has 0 aliphatic heterocycles. The zero-order chi connectivity index (χ0) is 16.4. The minimum absolute atomic E-state index is 0.726. The van der Waals surface area contributed by atoms with Crippen LogP contribution in [0.3, 0.4) is 0 Å². The average molecular weight is 309 g/mol. The van der Waals surface area contributed by atoms with Gasteiger partial charge in [-0.05, 0) is 42.5 Å². The second kappa shape index (κ2) is 5.94. The van der Waals surface area contributed by atoms with Crippen LogP contribution in [-0.4, -0.2) is 9.97 Å². The van der Waals surface area contributed by atoms with Crippen molar-refractivity contribution in [1.29, 1.82) is 0 Å². The number of fused-ring (bicyclic) bond motifs is 1. The van der Waals surface area contributed by atoms with Gasteiger partial charge in [0.25, 0.3) is 0 Å². The van der Waals surface area contributed by atoms with Crippen molar-refractivity contribution in [2.24, 2.45) is 0 Å². The van der Waals surface area contributed by atoms with Crippen LogP contribution in [0.4, 0.5) is 5.69 Å². The van der Waals surface area contributed by atoms with Gasteiger partial charge in [0.05, 0.1) is 11.0 Å². The highest BCUT2D eigenvalue weighted by molar-refractivity contribution is 5.82. The van der Waals surface area contributed by atoms with E-state index in [9.17, 15) is 0 Å². The number of nitrogens with zero attached hydrogens (tertiary/aromatic N) is 1. The second-order valence-electron chi connectivity index (χ2n) is 5.56. The van der Waals surface area contributed by atoms with Gasteiger partial charge < -0.3 is 10.7 Å². The van der Waals surface area contributed by atoms with Gasteiger partial charge in [0.2, 0.25) is 0 Å². The first-order chi connectivity index (χ1) is 11.8. The molecular weight excluding hydrogens is 294 g/mol. The summed E-state index contributed by atoms with van der Waals surface area (Å²) < 4.78 is 0. The third kappa shape index (κ3) is 2.86. The van der Waals surface area contributed by atoms with Crippen molar-refractivity contribution in [1.82, 2.24) is 9.97 Å². The Morgan fingerprint density at radius 2 is 1.50 bits per heavy atom. The van der Waals surface area contributed by atoms with E-state index in [1.54, 1.807) is 0 Å². The van der Waals surface area contributed by atoms with Gasteiger partial charge in [-0.2, -0.15) is 0 Å². The molecule has 0 aliphatic rings. The van der Waals surface area contributed by atoms with Gasteiger partial charge in [-0.15, -0.1) is 0 Å². The van der Waals surface area contributed by atoms with Crippen molar-refractivity contribution in [3.05, 3.63) is 83.9 Å². The molecular formula is C21H15N3. The highest BCUT2D eigenvalue weighted by Gasteiger charge is 2.05. The van der Waals surface area contributed by atoms with E-state index in [1.807, 2.05) is 72.8 Å². The first-order valence-corrected chi connectivity index (χ1v) is 7.71. The molecule has 0 radical (unpaired) electrons. The van der Waals surface area contributed by atoms with Gasteiger partial charge in [-0.3, -0.25) is 0 Å². The zero-order valence-electron chi connectivity index (χ0n) is 13.0. The number of aromatic nitrogens is 2. The lowest BCUT2D eigenvalue weighted by molar-refractivity contribution is 1.33. The minimum atomic E-state index is 0.726. The predicted octanol–water partition coefficient (Wildman–Crippen LogP) is 4.21. The van der Waals surface area contributed by atoms with E-state index < -0.39 is 0 Å². The molecule has 1 aromatic heterocycles. The molecule has 3 heteroatoms. The molecule has 4 rings (SSSR count). The molecule has 0 fully saturated rings. The number of hydrogen-bond acceptors (Lipinski definition) is 2. The summed E-state index contributed by atoms with van der Waals surface area (Å²) in [7, 11) is 0. The summed E-state index contributed by atoms with van der Waals surface area (Å²) in [4.78, 5) is 7.90. The lowest BCUT2D eigenvalue weighted by Crippen LogP contribution is -1.82. The number of anilines is 1. The van der Waals surface area contributed by atoms with Crippen LogP contribution in [0.5, 0.6) is 0 Å². The van der Waals surface area contributed by atoms with Gasteiger partial charge in [-0.25, -0.2) is 4.98 Å². The van der Waals surface area contributed by atoms with E-state index in [-0.39, 0.29) is 0 Å². The van der Waals surface area contributed by atoms with Crippen molar-refractivity contribution in [2.45, 2.75) is 0 Å². The largest absolute Gasteiger partial charge is 0.399 e. The van der Waals surface area contributed by atoms with Crippen LogP contribution in [0.1, 0.15) is 11.1 Å². The monoisotopic (exact) mass is 309 g/mol. The average Bonchev–Trinajstić information content (AvgIpc) is 3.04. The van der Waals surface area contributed by atoms with E-state index in [0.29, 0.717) is 0 Å². The predicted molar refractivity (Wildman–Crippen MR) is 98.4 cm³/mol. The zero-order valence-corrected chi connectivity index (χ0v) is 13.0. The molecule has 4 aromatic rings. The summed E-state index contributed by atoms with van der Waals surface area (Å²) in [6.07, 6.45) is 0. The van der Waals surface area contributed by atoms with Crippen LogP contribution in [-0.2, 0) is 0 Å². The van der Waals surface area contributed by atoms with Crippen molar-refractivity contribution in [2.75, 3.05) is 5.73 Å². The Morgan fingerprint density at radius 1 is 0.792 bits per heavy atom. The molecule has 114 valence electrons. The molecule has 0 atom stereocenters. The third-order valence-electron chi connectivity index (χ3n) is 3.79. The SMILES string of the molecule is Nc1ccc2nc(-c3ccc(C#Cc4ccccc4)cc3)[nH]c2c1. The molecule has 0 aliphatic carbocycles. The van der Waals surface area contributed by atoms with E-state index in [0.717, 1.165) is 39.2 Å². The number of nitrogens with one attached hydrogen (secondary N) is 1. The Kier molecular flexibility index (Phi) is 3.49. The summed E-state index contributed by atoms with van der Waals surface area (Å²) in [5.74, 6) is 7.17. The molecule has 0 unspecified atom stereocenters. The third-order valence-corrected chi connectivity index (χ3v) is 3.79. The Hall–Kier alpha value is -3.51. The van der Waals surface area contributed by atoms with Crippen molar-refractivity contribution in [3.63, 3.8) is 0 Å².